The third kappa shape index (κ3) is 4.80. The van der Waals surface area contributed by atoms with Crippen LogP contribution in [0.1, 0.15) is 32.3 Å². The van der Waals surface area contributed by atoms with Crippen LogP contribution in [0.15, 0.2) is 18.2 Å². The Balaban J connectivity index is 2.66. The van der Waals surface area contributed by atoms with Crippen LogP contribution in [0.25, 0.3) is 0 Å². The van der Waals surface area contributed by atoms with Gasteiger partial charge >= 0.3 is 0 Å². The SMILES string of the molecule is CCCCNC(=O)C(C)Oc1cc(Cl)ccc1C#N. The number of carbonyl (C=O) groups excluding carboxylic acids is 1. The first-order valence-corrected chi connectivity index (χ1v) is 6.60. The van der Waals surface area contributed by atoms with Crippen molar-refractivity contribution in [1.82, 2.24) is 5.32 Å². The van der Waals surface area contributed by atoms with Gasteiger partial charge in [0.25, 0.3) is 5.91 Å². The smallest absolute Gasteiger partial charge is 0.260 e. The minimum atomic E-state index is -0.664. The molecule has 0 aliphatic carbocycles. The lowest BCUT2D eigenvalue weighted by atomic mass is 10.2. The number of hydrogen-bond acceptors (Lipinski definition) is 3. The van der Waals surface area contributed by atoms with Crippen LogP contribution in [-0.2, 0) is 4.79 Å². The molecule has 102 valence electrons. The molecular weight excluding hydrogens is 264 g/mol. The third-order valence-electron chi connectivity index (χ3n) is 2.57. The zero-order chi connectivity index (χ0) is 14.3. The van der Waals surface area contributed by atoms with Crippen molar-refractivity contribution < 1.29 is 9.53 Å². The fourth-order valence-electron chi connectivity index (χ4n) is 1.46. The van der Waals surface area contributed by atoms with E-state index in [0.717, 1.165) is 12.8 Å². The highest BCUT2D eigenvalue weighted by Gasteiger charge is 2.16. The first-order chi connectivity index (χ1) is 9.08. The fraction of sp³-hybridized carbons (Fsp3) is 0.429. The van der Waals surface area contributed by atoms with Crippen molar-refractivity contribution in [3.63, 3.8) is 0 Å². The Bertz CT molecular complexity index is 483. The van der Waals surface area contributed by atoms with Crippen LogP contribution in [0.5, 0.6) is 5.75 Å². The summed E-state index contributed by atoms with van der Waals surface area (Å²) in [4.78, 5) is 11.8. The van der Waals surface area contributed by atoms with Gasteiger partial charge in [0.2, 0.25) is 0 Å². The lowest BCUT2D eigenvalue weighted by molar-refractivity contribution is -0.127. The van der Waals surface area contributed by atoms with Crippen molar-refractivity contribution in [2.24, 2.45) is 0 Å². The summed E-state index contributed by atoms with van der Waals surface area (Å²) in [6.07, 6.45) is 1.28. The van der Waals surface area contributed by atoms with Crippen molar-refractivity contribution in [3.8, 4) is 11.8 Å². The van der Waals surface area contributed by atoms with Gasteiger partial charge in [0.05, 0.1) is 5.56 Å². The molecule has 1 amide bonds. The van der Waals surface area contributed by atoms with E-state index >= 15 is 0 Å². The Morgan fingerprint density at radius 3 is 2.95 bits per heavy atom. The molecule has 0 heterocycles. The van der Waals surface area contributed by atoms with Gasteiger partial charge in [-0.1, -0.05) is 24.9 Å². The molecule has 1 aromatic rings. The molecule has 1 rings (SSSR count). The lowest BCUT2D eigenvalue weighted by Gasteiger charge is -2.15. The monoisotopic (exact) mass is 280 g/mol. The van der Waals surface area contributed by atoms with Crippen molar-refractivity contribution in [2.45, 2.75) is 32.8 Å². The van der Waals surface area contributed by atoms with E-state index in [0.29, 0.717) is 22.9 Å². The molecule has 1 unspecified atom stereocenters. The summed E-state index contributed by atoms with van der Waals surface area (Å²) in [5, 5.41) is 12.2. The summed E-state index contributed by atoms with van der Waals surface area (Å²) < 4.78 is 5.49. The largest absolute Gasteiger partial charge is 0.479 e. The second-order valence-electron chi connectivity index (χ2n) is 4.16. The molecule has 1 N–H and O–H groups in total. The zero-order valence-corrected chi connectivity index (χ0v) is 11.8. The maximum absolute atomic E-state index is 11.8. The first-order valence-electron chi connectivity index (χ1n) is 6.22. The van der Waals surface area contributed by atoms with Crippen molar-refractivity contribution in [3.05, 3.63) is 28.8 Å². The molecule has 0 spiro atoms. The van der Waals surface area contributed by atoms with Gasteiger partial charge in [0.1, 0.15) is 11.8 Å². The van der Waals surface area contributed by atoms with Gasteiger partial charge in [-0.3, -0.25) is 4.79 Å². The second-order valence-corrected chi connectivity index (χ2v) is 4.59. The molecule has 4 nitrogen and oxygen atoms in total. The van der Waals surface area contributed by atoms with E-state index in [1.807, 2.05) is 6.07 Å². The average molecular weight is 281 g/mol. The van der Waals surface area contributed by atoms with Crippen LogP contribution in [0.2, 0.25) is 5.02 Å². The number of nitrogens with zero attached hydrogens (tertiary/aromatic N) is 1. The average Bonchev–Trinajstić information content (AvgIpc) is 2.39. The van der Waals surface area contributed by atoms with Crippen molar-refractivity contribution >= 4 is 17.5 Å². The summed E-state index contributed by atoms with van der Waals surface area (Å²) in [5.74, 6) is 0.130. The minimum absolute atomic E-state index is 0.197. The maximum Gasteiger partial charge on any atom is 0.260 e. The van der Waals surface area contributed by atoms with E-state index in [9.17, 15) is 4.79 Å². The highest BCUT2D eigenvalue weighted by molar-refractivity contribution is 6.30. The van der Waals surface area contributed by atoms with Crippen LogP contribution in [0.4, 0.5) is 0 Å². The van der Waals surface area contributed by atoms with E-state index in [1.54, 1.807) is 19.1 Å². The van der Waals surface area contributed by atoms with Gasteiger partial charge in [-0.05, 0) is 25.5 Å². The molecule has 19 heavy (non-hydrogen) atoms. The Labute approximate surface area is 118 Å². The third-order valence-corrected chi connectivity index (χ3v) is 2.80. The topological polar surface area (TPSA) is 62.1 Å². The van der Waals surface area contributed by atoms with Crippen LogP contribution < -0.4 is 10.1 Å². The number of nitriles is 1. The number of benzene rings is 1. The Morgan fingerprint density at radius 2 is 2.32 bits per heavy atom. The van der Waals surface area contributed by atoms with Gasteiger partial charge in [-0.2, -0.15) is 5.26 Å². The van der Waals surface area contributed by atoms with Gasteiger partial charge in [-0.25, -0.2) is 0 Å². The molecule has 0 fully saturated rings. The van der Waals surface area contributed by atoms with Crippen molar-refractivity contribution in [2.75, 3.05) is 6.54 Å². The standard InChI is InChI=1S/C14H17ClN2O2/c1-3-4-7-17-14(18)10(2)19-13-8-12(15)6-5-11(13)9-16/h5-6,8,10H,3-4,7H2,1-2H3,(H,17,18). The molecule has 0 aliphatic rings. The summed E-state index contributed by atoms with van der Waals surface area (Å²) in [6.45, 7) is 4.32. The second kappa shape index (κ2) is 7.65. The number of ether oxygens (including phenoxy) is 1. The summed E-state index contributed by atoms with van der Waals surface area (Å²) in [5.41, 5.74) is 0.359. The van der Waals surface area contributed by atoms with Gasteiger partial charge < -0.3 is 10.1 Å². The van der Waals surface area contributed by atoms with Gasteiger partial charge in [0.15, 0.2) is 6.10 Å². The molecule has 5 heteroatoms. The van der Waals surface area contributed by atoms with Crippen molar-refractivity contribution in [1.29, 1.82) is 5.26 Å². The van der Waals surface area contributed by atoms with E-state index in [2.05, 4.69) is 12.2 Å². The minimum Gasteiger partial charge on any atom is -0.479 e. The highest BCUT2D eigenvalue weighted by atomic mass is 35.5. The predicted molar refractivity (Wildman–Crippen MR) is 74.2 cm³/mol. The number of amides is 1. The quantitative estimate of drug-likeness (QED) is 0.815. The zero-order valence-electron chi connectivity index (χ0n) is 11.1. The summed E-state index contributed by atoms with van der Waals surface area (Å²) in [6, 6.07) is 6.72. The predicted octanol–water partition coefficient (Wildman–Crippen LogP) is 2.90. The highest BCUT2D eigenvalue weighted by Crippen LogP contribution is 2.23. The van der Waals surface area contributed by atoms with Gasteiger partial charge in [0, 0.05) is 17.6 Å². The lowest BCUT2D eigenvalue weighted by Crippen LogP contribution is -2.36. The molecule has 0 aliphatic heterocycles. The molecule has 0 saturated carbocycles. The number of unbranched alkanes of at least 4 members (excludes halogenated alkanes) is 1. The molecule has 1 atom stereocenters. The van der Waals surface area contributed by atoms with Crippen LogP contribution in [0, 0.1) is 11.3 Å². The Kier molecular flexibility index (Phi) is 6.17. The molecular formula is C14H17ClN2O2. The number of rotatable bonds is 6. The number of halogens is 1. The first kappa shape index (κ1) is 15.3. The Morgan fingerprint density at radius 1 is 1.58 bits per heavy atom. The Hall–Kier alpha value is -1.73. The van der Waals surface area contributed by atoms with E-state index in [-0.39, 0.29) is 5.91 Å². The van der Waals surface area contributed by atoms with E-state index < -0.39 is 6.10 Å². The van der Waals surface area contributed by atoms with Gasteiger partial charge in [-0.15, -0.1) is 0 Å². The molecule has 1 aromatic carbocycles. The molecule has 0 aromatic heterocycles. The molecule has 0 radical (unpaired) electrons. The van der Waals surface area contributed by atoms with E-state index in [1.165, 1.54) is 6.07 Å². The summed E-state index contributed by atoms with van der Waals surface area (Å²) in [7, 11) is 0. The number of carbonyl (C=O) groups is 1. The number of hydrogen-bond donors (Lipinski definition) is 1. The van der Waals surface area contributed by atoms with E-state index in [4.69, 9.17) is 21.6 Å². The van der Waals surface area contributed by atoms with Crippen LogP contribution in [0.3, 0.4) is 0 Å². The molecule has 0 saturated heterocycles. The maximum atomic E-state index is 11.8. The van der Waals surface area contributed by atoms with Crippen LogP contribution >= 0.6 is 11.6 Å². The fourth-order valence-corrected chi connectivity index (χ4v) is 1.62. The number of nitrogens with one attached hydrogen (secondary N) is 1. The summed E-state index contributed by atoms with van der Waals surface area (Å²) >= 11 is 5.85. The van der Waals surface area contributed by atoms with Crippen LogP contribution in [-0.4, -0.2) is 18.6 Å². The molecule has 0 bridgehead atoms. The normalized spacial score (nSPS) is 11.5.